The minimum atomic E-state index is -1.74. The standard InChI is InChI=1S/C74H112N14O21S2/c1-3-4-17-53(78-62(92)23-22-61(91)76-24-11-34-107-36-38-109-39-37-108-35-12-25-77-63(93)42-84-28-30-85(43-64(94)95)32-33-86(31-29-84)44-65(96)97)67(98)81-56-47-110-45-51-15-8-16-52(40-51)46-111-48-57(74(105)106)82-69(100)55(41-50-13-6-5-7-14-50)80-68(99)54(20-21-60(75)90)79-71(102)66(49(2)89)83-70(101)58-18-9-26-87(58)73(104)59-19-10-27-88(59)72(56)103/h5-8,13-16,40,49,53-59,66,89H,3-4,9-12,17-39,41-48H2,1-2H3,(H2,75,90)(H,76,91)(H,77,93)(H,78,92)(H,79,102)(H,80,99)(H,81,98)(H,82,100)(H,83,101)(H,94,95)(H,96,97)(H,105,106)/t49-,53+,54+,55+,56+,57?,58+,59+,66+/m1/s1. The van der Waals surface area contributed by atoms with E-state index in [0.29, 0.717) is 134 Å². The second-order valence-corrected chi connectivity index (χ2v) is 29.9. The van der Waals surface area contributed by atoms with Crippen molar-refractivity contribution in [2.45, 2.75) is 170 Å². The van der Waals surface area contributed by atoms with E-state index in [4.69, 9.17) is 19.9 Å². The molecule has 2 bridgehead atoms. The largest absolute Gasteiger partial charge is 0.480 e. The van der Waals surface area contributed by atoms with Gasteiger partial charge in [-0.3, -0.25) is 77.0 Å². The lowest BCUT2D eigenvalue weighted by Gasteiger charge is -2.34. The van der Waals surface area contributed by atoms with E-state index in [0.717, 1.165) is 11.1 Å². The zero-order chi connectivity index (χ0) is 80.6. The number of fused-ring (bicyclic) bond motifs is 4. The molecule has 9 atom stereocenters. The van der Waals surface area contributed by atoms with Gasteiger partial charge in [-0.2, -0.15) is 23.5 Å². The molecule has 2 aromatic carbocycles. The number of ether oxygens (including phenoxy) is 3. The minimum absolute atomic E-state index is 0.00441. The van der Waals surface area contributed by atoms with Crippen LogP contribution in [0.4, 0.5) is 0 Å². The molecular weight excluding hydrogens is 1490 g/mol. The number of thioether (sulfide) groups is 2. The maximum atomic E-state index is 15.1. The SMILES string of the molecule is CCCC[C@H](NC(=O)CCC(=O)NCCCOCCOCCOCCCNC(=O)CN1CCN(CC(=O)O)CCN(CC(=O)O)CC1)C(=O)N[C@H]1CSCc2cccc(c2)CSCC(C(=O)O)NC(=O)[C@H](Cc2ccccc2)NC(=O)[C@H](CCC(N)=O)NC(=O)[C@H]([C@@H](C)O)NC(=O)[C@@H]2CCCN2C(=O)[C@@H]2CCCN2C1=O. The van der Waals surface area contributed by atoms with Crippen molar-refractivity contribution in [1.29, 1.82) is 0 Å². The van der Waals surface area contributed by atoms with Crippen molar-refractivity contribution in [2.75, 3.05) is 136 Å². The molecule has 35 nitrogen and oxygen atoms in total. The predicted molar refractivity (Wildman–Crippen MR) is 409 cm³/mol. The van der Waals surface area contributed by atoms with Crippen molar-refractivity contribution in [3.63, 3.8) is 0 Å². The zero-order valence-corrected chi connectivity index (χ0v) is 65.0. The van der Waals surface area contributed by atoms with Gasteiger partial charge in [0.1, 0.15) is 48.3 Å². The highest BCUT2D eigenvalue weighted by Crippen LogP contribution is 2.28. The summed E-state index contributed by atoms with van der Waals surface area (Å²) in [5.74, 6) is -10.4. The number of hydrogen-bond donors (Lipinski definition) is 13. The Bertz CT molecular complexity index is 3380. The van der Waals surface area contributed by atoms with Crippen molar-refractivity contribution in [3.8, 4) is 0 Å². The summed E-state index contributed by atoms with van der Waals surface area (Å²) in [4.78, 5) is 196. The molecule has 1 unspecified atom stereocenters. The number of carbonyl (C=O) groups is 14. The maximum absolute atomic E-state index is 15.1. The third-order valence-electron chi connectivity index (χ3n) is 19.0. The van der Waals surface area contributed by atoms with E-state index in [2.05, 4.69) is 42.5 Å². The van der Waals surface area contributed by atoms with Gasteiger partial charge in [-0.05, 0) is 75.0 Å². The van der Waals surface area contributed by atoms with Gasteiger partial charge in [-0.15, -0.1) is 0 Å². The Morgan fingerprint density at radius 3 is 1.68 bits per heavy atom. The van der Waals surface area contributed by atoms with Crippen molar-refractivity contribution < 1.29 is 102 Å². The van der Waals surface area contributed by atoms with Crippen molar-refractivity contribution in [3.05, 3.63) is 71.3 Å². The van der Waals surface area contributed by atoms with Crippen LogP contribution in [0.25, 0.3) is 0 Å². The third kappa shape index (κ3) is 33.7. The monoisotopic (exact) mass is 1600 g/mol. The first-order chi connectivity index (χ1) is 53.3. The highest BCUT2D eigenvalue weighted by Gasteiger charge is 2.45. The number of carbonyl (C=O) groups excluding carboxylic acids is 11. The number of unbranched alkanes of at least 4 members (excludes halogenated alkanes) is 1. The van der Waals surface area contributed by atoms with Gasteiger partial charge in [0.05, 0.1) is 52.2 Å². The van der Waals surface area contributed by atoms with Gasteiger partial charge in [-0.1, -0.05) is 74.4 Å². The van der Waals surface area contributed by atoms with Crippen molar-refractivity contribution in [2.24, 2.45) is 5.73 Å². The molecule has 0 saturated carbocycles. The number of aliphatic carboxylic acids is 3. The van der Waals surface area contributed by atoms with Crippen molar-refractivity contribution >= 4 is 106 Å². The van der Waals surface area contributed by atoms with Crippen LogP contribution in [0.15, 0.2) is 54.6 Å². The summed E-state index contributed by atoms with van der Waals surface area (Å²) in [5, 5.41) is 61.5. The zero-order valence-electron chi connectivity index (χ0n) is 63.4. The Morgan fingerprint density at radius 1 is 0.577 bits per heavy atom. The molecule has 11 amide bonds. The maximum Gasteiger partial charge on any atom is 0.327 e. The second-order valence-electron chi connectivity index (χ2n) is 27.9. The number of nitrogens with one attached hydrogen (secondary N) is 8. The highest BCUT2D eigenvalue weighted by atomic mass is 32.2. The predicted octanol–water partition coefficient (Wildman–Crippen LogP) is -1.85. The topological polar surface area (TPSA) is 486 Å². The molecule has 4 heterocycles. The average Bonchev–Trinajstić information content (AvgIpc) is 1.67. The number of benzene rings is 2. The summed E-state index contributed by atoms with van der Waals surface area (Å²) in [7, 11) is 0. The normalized spacial score (nSPS) is 22.0. The molecule has 4 aliphatic heterocycles. The first-order valence-corrected chi connectivity index (χ1v) is 40.4. The molecule has 37 heteroatoms. The lowest BCUT2D eigenvalue weighted by molar-refractivity contribution is -0.148. The minimum Gasteiger partial charge on any atom is -0.480 e. The molecule has 616 valence electrons. The first-order valence-electron chi connectivity index (χ1n) is 38.0. The molecular formula is C74H112N14O21S2. The molecule has 111 heavy (non-hydrogen) atoms. The Morgan fingerprint density at radius 2 is 1.11 bits per heavy atom. The molecule has 14 N–H and O–H groups in total. The van der Waals surface area contributed by atoms with E-state index in [-0.39, 0.29) is 102 Å². The van der Waals surface area contributed by atoms with E-state index >= 15 is 4.79 Å². The Labute approximate surface area is 655 Å². The molecule has 6 rings (SSSR count). The lowest BCUT2D eigenvalue weighted by Crippen LogP contribution is -2.61. The lowest BCUT2D eigenvalue weighted by atomic mass is 10.0. The Hall–Kier alpha value is -8.56. The molecule has 4 aliphatic rings. The number of nitrogens with two attached hydrogens (primary N) is 1. The van der Waals surface area contributed by atoms with Crippen LogP contribution in [0.3, 0.4) is 0 Å². The van der Waals surface area contributed by atoms with Gasteiger partial charge < -0.3 is 92.7 Å². The fourth-order valence-electron chi connectivity index (χ4n) is 13.0. The Balaban J connectivity index is 1.01. The van der Waals surface area contributed by atoms with E-state index in [9.17, 15) is 82.8 Å². The number of amides is 11. The van der Waals surface area contributed by atoms with Crippen LogP contribution >= 0.6 is 23.5 Å². The van der Waals surface area contributed by atoms with Gasteiger partial charge in [0.15, 0.2) is 0 Å². The van der Waals surface area contributed by atoms with Gasteiger partial charge in [0.25, 0.3) is 0 Å². The number of aliphatic hydroxyl groups excluding tert-OH is 1. The second kappa shape index (κ2) is 49.7. The molecule has 0 aliphatic carbocycles. The molecule has 3 fully saturated rings. The summed E-state index contributed by atoms with van der Waals surface area (Å²) in [6.07, 6.45) is 0.413. The molecule has 0 spiro atoms. The summed E-state index contributed by atoms with van der Waals surface area (Å²) in [6, 6.07) is 5.08. The summed E-state index contributed by atoms with van der Waals surface area (Å²) >= 11 is 2.53. The van der Waals surface area contributed by atoms with E-state index in [1.54, 1.807) is 40.1 Å². The van der Waals surface area contributed by atoms with E-state index < -0.39 is 144 Å². The van der Waals surface area contributed by atoms with Crippen LogP contribution in [-0.4, -0.2) is 318 Å². The van der Waals surface area contributed by atoms with Crippen molar-refractivity contribution in [1.82, 2.24) is 67.0 Å². The summed E-state index contributed by atoms with van der Waals surface area (Å²) < 4.78 is 16.8. The van der Waals surface area contributed by atoms with Gasteiger partial charge in [0.2, 0.25) is 65.0 Å². The van der Waals surface area contributed by atoms with Crippen LogP contribution in [0, 0.1) is 0 Å². The molecule has 2 aromatic rings. The Kier molecular flexibility index (Phi) is 40.9. The smallest absolute Gasteiger partial charge is 0.327 e. The first kappa shape index (κ1) is 91.3. The number of hydrogen-bond acceptors (Lipinski definition) is 23. The van der Waals surface area contributed by atoms with Crippen LogP contribution < -0.4 is 48.3 Å². The number of rotatable bonds is 36. The number of carboxylic acids is 3. The van der Waals surface area contributed by atoms with E-state index in [1.807, 2.05) is 36.1 Å². The van der Waals surface area contributed by atoms with Gasteiger partial charge in [0, 0.05) is 127 Å². The van der Waals surface area contributed by atoms with Crippen LogP contribution in [-0.2, 0) is 99.3 Å². The molecule has 3 saturated heterocycles. The quantitative estimate of drug-likeness (QED) is 0.0333. The number of carboxylic acid groups (broad SMARTS) is 3. The van der Waals surface area contributed by atoms with Gasteiger partial charge >= 0.3 is 17.9 Å². The summed E-state index contributed by atoms with van der Waals surface area (Å²) in [5.41, 5.74) is 7.67. The highest BCUT2D eigenvalue weighted by molar-refractivity contribution is 7.98. The molecule has 0 aromatic heterocycles. The van der Waals surface area contributed by atoms with Gasteiger partial charge in [-0.25, -0.2) is 4.79 Å². The van der Waals surface area contributed by atoms with E-state index in [1.165, 1.54) is 40.2 Å². The fraction of sp³-hybridized carbons (Fsp3) is 0.649. The third-order valence-corrected chi connectivity index (χ3v) is 21.2. The summed E-state index contributed by atoms with van der Waals surface area (Å²) in [6.45, 7) is 8.15. The number of nitrogens with zero attached hydrogens (tertiary/aromatic N) is 5. The average molecular weight is 1600 g/mol. The molecule has 0 radical (unpaired) electrons. The van der Waals surface area contributed by atoms with Crippen LogP contribution in [0.1, 0.15) is 114 Å². The number of primary amides is 1. The fourth-order valence-corrected chi connectivity index (χ4v) is 15.0. The number of aliphatic hydroxyl groups is 1. The van der Waals surface area contributed by atoms with Crippen LogP contribution in [0.5, 0.6) is 0 Å². The van der Waals surface area contributed by atoms with Crippen LogP contribution in [0.2, 0.25) is 0 Å².